The first-order chi connectivity index (χ1) is 13.5. The third-order valence-corrected chi connectivity index (χ3v) is 5.26. The van der Waals surface area contributed by atoms with Gasteiger partial charge in [-0.2, -0.15) is 5.10 Å². The molecular weight excluding hydrogens is 352 g/mol. The van der Waals surface area contributed by atoms with Gasteiger partial charge in [-0.15, -0.1) is 0 Å². The fourth-order valence-electron chi connectivity index (χ4n) is 3.72. The molecule has 144 valence electrons. The van der Waals surface area contributed by atoms with Gasteiger partial charge in [0.1, 0.15) is 0 Å². The number of rotatable bonds is 2. The minimum absolute atomic E-state index is 0.0267. The lowest BCUT2D eigenvalue weighted by atomic mass is 10.1. The highest BCUT2D eigenvalue weighted by molar-refractivity contribution is 6.04. The van der Waals surface area contributed by atoms with Crippen molar-refractivity contribution in [3.63, 3.8) is 0 Å². The van der Waals surface area contributed by atoms with Crippen molar-refractivity contribution in [2.24, 2.45) is 0 Å². The Morgan fingerprint density at radius 3 is 2.36 bits per heavy atom. The van der Waals surface area contributed by atoms with Gasteiger partial charge in [-0.1, -0.05) is 29.3 Å². The zero-order valence-corrected chi connectivity index (χ0v) is 16.2. The predicted molar refractivity (Wildman–Crippen MR) is 108 cm³/mol. The smallest absolute Gasteiger partial charge is 0.275 e. The second-order valence-electron chi connectivity index (χ2n) is 7.43. The number of aromatic amines is 1. The molecule has 1 aromatic heterocycles. The number of nitrogens with one attached hydrogen (secondary N) is 1. The van der Waals surface area contributed by atoms with E-state index in [9.17, 15) is 9.59 Å². The van der Waals surface area contributed by atoms with Gasteiger partial charge in [-0.25, -0.2) is 0 Å². The third-order valence-electron chi connectivity index (χ3n) is 5.26. The summed E-state index contributed by atoms with van der Waals surface area (Å²) in [6.45, 7) is 6.29. The Morgan fingerprint density at radius 2 is 1.61 bits per heavy atom. The zero-order chi connectivity index (χ0) is 19.7. The largest absolute Gasteiger partial charge is 0.337 e. The molecule has 0 aliphatic carbocycles. The lowest BCUT2D eigenvalue weighted by molar-refractivity contribution is 0.0716. The van der Waals surface area contributed by atoms with E-state index in [1.807, 2.05) is 66.1 Å². The highest BCUT2D eigenvalue weighted by atomic mass is 16.2. The van der Waals surface area contributed by atoms with Gasteiger partial charge >= 0.3 is 0 Å². The molecule has 2 amide bonds. The van der Waals surface area contributed by atoms with Crippen molar-refractivity contribution in [1.29, 1.82) is 0 Å². The molecule has 0 spiro atoms. The summed E-state index contributed by atoms with van der Waals surface area (Å²) in [4.78, 5) is 29.5. The highest BCUT2D eigenvalue weighted by Crippen LogP contribution is 2.20. The maximum Gasteiger partial charge on any atom is 0.275 e. The maximum atomic E-state index is 13.1. The number of amides is 2. The first-order valence-electron chi connectivity index (χ1n) is 9.63. The standard InChI is InChI=1S/C22H24N4O2/c1-15-5-3-6-17(13-15)21(27)25-9-4-10-26(12-11-25)22(28)20-18-14-16(2)7-8-19(18)23-24-20/h3,5-8,13-14H,4,9-12H2,1-2H3,(H,23,24). The molecule has 0 unspecified atom stereocenters. The second-order valence-corrected chi connectivity index (χ2v) is 7.43. The van der Waals surface area contributed by atoms with Crippen molar-refractivity contribution < 1.29 is 9.59 Å². The van der Waals surface area contributed by atoms with Crippen LogP contribution in [0.25, 0.3) is 10.9 Å². The first kappa shape index (κ1) is 18.2. The number of nitrogens with zero attached hydrogens (tertiary/aromatic N) is 3. The second kappa shape index (κ2) is 7.46. The summed E-state index contributed by atoms with van der Waals surface area (Å²) in [7, 11) is 0. The number of aryl methyl sites for hydroxylation is 2. The molecule has 1 N–H and O–H groups in total. The summed E-state index contributed by atoms with van der Waals surface area (Å²) in [5.74, 6) is -0.0550. The van der Waals surface area contributed by atoms with Crippen LogP contribution in [0.2, 0.25) is 0 Å². The monoisotopic (exact) mass is 376 g/mol. The lowest BCUT2D eigenvalue weighted by Gasteiger charge is -2.22. The third kappa shape index (κ3) is 3.50. The number of aromatic nitrogens is 2. The number of fused-ring (bicyclic) bond motifs is 1. The SMILES string of the molecule is Cc1cccc(C(=O)N2CCCN(C(=O)c3n[nH]c4ccc(C)cc34)CC2)c1. The molecule has 2 heterocycles. The molecule has 4 rings (SSSR count). The van der Waals surface area contributed by atoms with Crippen molar-refractivity contribution in [3.8, 4) is 0 Å². The highest BCUT2D eigenvalue weighted by Gasteiger charge is 2.26. The molecule has 6 heteroatoms. The van der Waals surface area contributed by atoms with Gasteiger partial charge < -0.3 is 9.80 Å². The lowest BCUT2D eigenvalue weighted by Crippen LogP contribution is -2.37. The molecule has 0 atom stereocenters. The van der Waals surface area contributed by atoms with Crippen LogP contribution in [0.1, 0.15) is 38.4 Å². The van der Waals surface area contributed by atoms with Gasteiger partial charge in [-0.3, -0.25) is 14.7 Å². The van der Waals surface area contributed by atoms with Crippen LogP contribution in [-0.2, 0) is 0 Å². The van der Waals surface area contributed by atoms with Crippen LogP contribution in [0.15, 0.2) is 42.5 Å². The van der Waals surface area contributed by atoms with Gasteiger partial charge in [0.15, 0.2) is 5.69 Å². The average molecular weight is 376 g/mol. The zero-order valence-electron chi connectivity index (χ0n) is 16.2. The van der Waals surface area contributed by atoms with Crippen LogP contribution in [-0.4, -0.2) is 58.0 Å². The number of H-pyrrole nitrogens is 1. The molecular formula is C22H24N4O2. The van der Waals surface area contributed by atoms with E-state index < -0.39 is 0 Å². The minimum Gasteiger partial charge on any atom is -0.337 e. The van der Waals surface area contributed by atoms with E-state index in [2.05, 4.69) is 10.2 Å². The molecule has 28 heavy (non-hydrogen) atoms. The fraction of sp³-hybridized carbons (Fsp3) is 0.318. The predicted octanol–water partition coefficient (Wildman–Crippen LogP) is 3.17. The molecule has 1 aliphatic heterocycles. The molecule has 0 bridgehead atoms. The Labute approximate surface area is 164 Å². The van der Waals surface area contributed by atoms with Crippen molar-refractivity contribution in [2.75, 3.05) is 26.2 Å². The Morgan fingerprint density at radius 1 is 0.893 bits per heavy atom. The van der Waals surface area contributed by atoms with Crippen LogP contribution in [0, 0.1) is 13.8 Å². The van der Waals surface area contributed by atoms with Crippen molar-refractivity contribution in [3.05, 3.63) is 64.8 Å². The first-order valence-corrected chi connectivity index (χ1v) is 9.63. The molecule has 0 saturated carbocycles. The summed E-state index contributed by atoms with van der Waals surface area (Å²) in [6, 6.07) is 13.6. The van der Waals surface area contributed by atoms with E-state index in [1.54, 1.807) is 0 Å². The summed E-state index contributed by atoms with van der Waals surface area (Å²) in [5.41, 5.74) is 4.18. The Bertz CT molecular complexity index is 1040. The van der Waals surface area contributed by atoms with Crippen LogP contribution < -0.4 is 0 Å². The van der Waals surface area contributed by atoms with Crippen LogP contribution >= 0.6 is 0 Å². The summed E-state index contributed by atoms with van der Waals surface area (Å²) in [6.07, 6.45) is 0.755. The molecule has 3 aromatic rings. The van der Waals surface area contributed by atoms with Crippen LogP contribution in [0.5, 0.6) is 0 Å². The van der Waals surface area contributed by atoms with Crippen molar-refractivity contribution in [2.45, 2.75) is 20.3 Å². The molecule has 0 radical (unpaired) electrons. The van der Waals surface area contributed by atoms with Gasteiger partial charge in [0, 0.05) is 37.1 Å². The molecule has 6 nitrogen and oxygen atoms in total. The van der Waals surface area contributed by atoms with Crippen LogP contribution in [0.3, 0.4) is 0 Å². The van der Waals surface area contributed by atoms with Crippen molar-refractivity contribution in [1.82, 2.24) is 20.0 Å². The van der Waals surface area contributed by atoms with Gasteiger partial charge in [0.2, 0.25) is 0 Å². The maximum absolute atomic E-state index is 13.1. The molecule has 2 aromatic carbocycles. The fourth-order valence-corrected chi connectivity index (χ4v) is 3.72. The summed E-state index contributed by atoms with van der Waals surface area (Å²) >= 11 is 0. The number of carbonyl (C=O) groups excluding carboxylic acids is 2. The van der Waals surface area contributed by atoms with E-state index in [4.69, 9.17) is 0 Å². The van der Waals surface area contributed by atoms with E-state index in [-0.39, 0.29) is 11.8 Å². The van der Waals surface area contributed by atoms with E-state index in [0.29, 0.717) is 37.4 Å². The number of carbonyl (C=O) groups is 2. The Hall–Kier alpha value is -3.15. The Balaban J connectivity index is 1.49. The molecule has 1 fully saturated rings. The van der Waals surface area contributed by atoms with Crippen molar-refractivity contribution >= 4 is 22.7 Å². The quantitative estimate of drug-likeness (QED) is 0.747. The van der Waals surface area contributed by atoms with E-state index in [1.165, 1.54) is 0 Å². The summed E-state index contributed by atoms with van der Waals surface area (Å²) < 4.78 is 0. The van der Waals surface area contributed by atoms with E-state index >= 15 is 0 Å². The number of hydrogen-bond donors (Lipinski definition) is 1. The number of benzene rings is 2. The van der Waals surface area contributed by atoms with Gasteiger partial charge in [0.05, 0.1) is 5.52 Å². The van der Waals surface area contributed by atoms with E-state index in [0.717, 1.165) is 28.5 Å². The van der Waals surface area contributed by atoms with Crippen LogP contribution in [0.4, 0.5) is 0 Å². The van der Waals surface area contributed by atoms with Gasteiger partial charge in [-0.05, 0) is 44.5 Å². The summed E-state index contributed by atoms with van der Waals surface area (Å²) in [5, 5.41) is 8.05. The Kier molecular flexibility index (Phi) is 4.86. The average Bonchev–Trinajstić information content (AvgIpc) is 2.94. The normalized spacial score (nSPS) is 14.9. The minimum atomic E-state index is -0.0818. The topological polar surface area (TPSA) is 69.3 Å². The molecule has 1 aliphatic rings. The van der Waals surface area contributed by atoms with Gasteiger partial charge in [0.25, 0.3) is 11.8 Å². The molecule has 1 saturated heterocycles. The number of hydrogen-bond acceptors (Lipinski definition) is 3.